The molecule has 0 bridgehead atoms. The molecule has 3 fully saturated rings. The van der Waals surface area contributed by atoms with Gasteiger partial charge in [0.05, 0.1) is 23.2 Å². The van der Waals surface area contributed by atoms with Crippen LogP contribution >= 0.6 is 0 Å². The summed E-state index contributed by atoms with van der Waals surface area (Å²) in [6, 6.07) is 0. The van der Waals surface area contributed by atoms with Gasteiger partial charge >= 0.3 is 0 Å². The van der Waals surface area contributed by atoms with E-state index >= 15 is 0 Å². The summed E-state index contributed by atoms with van der Waals surface area (Å²) in [5, 5.41) is 10.2. The summed E-state index contributed by atoms with van der Waals surface area (Å²) in [7, 11) is -2.93. The number of piperidine rings is 1. The molecule has 7 heteroatoms. The molecule has 0 unspecified atom stereocenters. The minimum atomic E-state index is -2.93. The van der Waals surface area contributed by atoms with Crippen molar-refractivity contribution in [2.24, 2.45) is 5.92 Å². The van der Waals surface area contributed by atoms with E-state index in [4.69, 9.17) is 4.74 Å². The van der Waals surface area contributed by atoms with Gasteiger partial charge in [-0.25, -0.2) is 8.42 Å². The highest BCUT2D eigenvalue weighted by Crippen LogP contribution is 2.36. The molecule has 126 valence electrons. The molecule has 0 radical (unpaired) electrons. The molecule has 3 heterocycles. The minimum absolute atomic E-state index is 0.0787. The largest absolute Gasteiger partial charge is 0.390 e. The molecular weight excluding hydrogens is 306 g/mol. The predicted octanol–water partition coefficient (Wildman–Crippen LogP) is 0.344. The normalized spacial score (nSPS) is 32.0. The van der Waals surface area contributed by atoms with Crippen molar-refractivity contribution in [2.45, 2.75) is 50.2 Å². The smallest absolute Gasteiger partial charge is 0.225 e. The third-order valence-electron chi connectivity index (χ3n) is 5.44. The quantitative estimate of drug-likeness (QED) is 0.749. The number of hydrogen-bond donors (Lipinski definition) is 1. The van der Waals surface area contributed by atoms with E-state index in [1.807, 2.05) is 4.90 Å². The van der Waals surface area contributed by atoms with Crippen molar-refractivity contribution < 1.29 is 23.1 Å². The van der Waals surface area contributed by atoms with Gasteiger partial charge < -0.3 is 14.7 Å². The Hall–Kier alpha value is -0.660. The van der Waals surface area contributed by atoms with E-state index in [1.165, 1.54) is 0 Å². The average Bonchev–Trinajstić information content (AvgIpc) is 2.51. The van der Waals surface area contributed by atoms with Crippen molar-refractivity contribution >= 4 is 15.7 Å². The Balaban J connectivity index is 1.56. The Morgan fingerprint density at radius 1 is 1.14 bits per heavy atom. The predicted molar refractivity (Wildman–Crippen MR) is 81.1 cm³/mol. The van der Waals surface area contributed by atoms with E-state index in [2.05, 4.69) is 0 Å². The van der Waals surface area contributed by atoms with Crippen LogP contribution in [0.3, 0.4) is 0 Å². The molecule has 1 amide bonds. The molecule has 1 N–H and O–H groups in total. The summed E-state index contributed by atoms with van der Waals surface area (Å²) in [5.74, 6) is 0.177. The van der Waals surface area contributed by atoms with Crippen molar-refractivity contribution in [3.8, 4) is 0 Å². The maximum absolute atomic E-state index is 12.5. The summed E-state index contributed by atoms with van der Waals surface area (Å²) in [5.41, 5.74) is -0.467. The van der Waals surface area contributed by atoms with Crippen LogP contribution < -0.4 is 0 Å². The van der Waals surface area contributed by atoms with Crippen LogP contribution in [0.4, 0.5) is 0 Å². The number of amides is 1. The zero-order valence-corrected chi connectivity index (χ0v) is 13.7. The van der Waals surface area contributed by atoms with Crippen LogP contribution in [0.15, 0.2) is 0 Å². The van der Waals surface area contributed by atoms with E-state index in [0.717, 1.165) is 12.8 Å². The Labute approximate surface area is 131 Å². The van der Waals surface area contributed by atoms with Gasteiger partial charge in [-0.2, -0.15) is 0 Å². The second kappa shape index (κ2) is 6.09. The molecule has 0 aromatic rings. The second-order valence-electron chi connectivity index (χ2n) is 6.82. The number of ether oxygens (including phenoxy) is 1. The number of hydrogen-bond acceptors (Lipinski definition) is 5. The van der Waals surface area contributed by atoms with Crippen LogP contribution in [-0.2, 0) is 19.4 Å². The molecule has 1 spiro atoms. The van der Waals surface area contributed by atoms with Gasteiger partial charge in [-0.05, 0) is 38.5 Å². The number of nitrogens with zero attached hydrogens (tertiary/aromatic N) is 1. The Morgan fingerprint density at radius 3 is 2.36 bits per heavy atom. The molecule has 6 nitrogen and oxygen atoms in total. The number of likely N-dealkylation sites (tertiary alicyclic amines) is 1. The number of rotatable bonds is 1. The fourth-order valence-corrected chi connectivity index (χ4v) is 5.38. The third kappa shape index (κ3) is 3.16. The van der Waals surface area contributed by atoms with Gasteiger partial charge in [0.2, 0.25) is 5.91 Å². The van der Waals surface area contributed by atoms with E-state index in [1.54, 1.807) is 0 Å². The highest BCUT2D eigenvalue weighted by molar-refractivity contribution is 7.91. The molecule has 0 aliphatic carbocycles. The number of sulfone groups is 1. The number of aliphatic hydroxyl groups excluding tert-OH is 1. The second-order valence-corrected chi connectivity index (χ2v) is 9.13. The van der Waals surface area contributed by atoms with Crippen LogP contribution in [0.25, 0.3) is 0 Å². The molecule has 3 saturated heterocycles. The number of carbonyl (C=O) groups excluding carboxylic acids is 1. The highest BCUT2D eigenvalue weighted by Gasteiger charge is 2.45. The summed E-state index contributed by atoms with van der Waals surface area (Å²) < 4.78 is 28.8. The number of carbonyl (C=O) groups is 1. The van der Waals surface area contributed by atoms with Crippen molar-refractivity contribution in [1.29, 1.82) is 0 Å². The summed E-state index contributed by atoms with van der Waals surface area (Å²) >= 11 is 0. The van der Waals surface area contributed by atoms with Crippen LogP contribution in [-0.4, -0.2) is 67.2 Å². The zero-order valence-electron chi connectivity index (χ0n) is 12.9. The monoisotopic (exact) mass is 331 g/mol. The summed E-state index contributed by atoms with van der Waals surface area (Å²) in [6.07, 6.45) is 3.47. The van der Waals surface area contributed by atoms with Crippen LogP contribution in [0.1, 0.15) is 38.5 Å². The first-order valence-corrected chi connectivity index (χ1v) is 10.1. The Bertz CT molecular complexity index is 510. The van der Waals surface area contributed by atoms with Crippen molar-refractivity contribution in [3.05, 3.63) is 0 Å². The lowest BCUT2D eigenvalue weighted by Gasteiger charge is -2.47. The maximum atomic E-state index is 12.5. The molecule has 1 atom stereocenters. The van der Waals surface area contributed by atoms with Crippen LogP contribution in [0.2, 0.25) is 0 Å². The SMILES string of the molecule is O=C(C1CCS(=O)(=O)CC1)N1CCC2(CC1)OCCC[C@H]2O. The molecule has 22 heavy (non-hydrogen) atoms. The van der Waals surface area contributed by atoms with Crippen molar-refractivity contribution in [3.63, 3.8) is 0 Å². The lowest BCUT2D eigenvalue weighted by Crippen LogP contribution is -2.56. The third-order valence-corrected chi connectivity index (χ3v) is 7.16. The number of aliphatic hydroxyl groups is 1. The topological polar surface area (TPSA) is 83.9 Å². The maximum Gasteiger partial charge on any atom is 0.225 e. The zero-order chi connectivity index (χ0) is 15.8. The fourth-order valence-electron chi connectivity index (χ4n) is 3.89. The molecule has 3 aliphatic rings. The van der Waals surface area contributed by atoms with Gasteiger partial charge in [0.15, 0.2) is 0 Å². The molecule has 3 rings (SSSR count). The minimum Gasteiger partial charge on any atom is -0.390 e. The van der Waals surface area contributed by atoms with Crippen molar-refractivity contribution in [1.82, 2.24) is 4.90 Å². The van der Waals surface area contributed by atoms with E-state index in [9.17, 15) is 18.3 Å². The molecular formula is C15H25NO5S. The first-order valence-electron chi connectivity index (χ1n) is 8.23. The first kappa shape index (κ1) is 16.2. The highest BCUT2D eigenvalue weighted by atomic mass is 32.2. The van der Waals surface area contributed by atoms with E-state index in [-0.39, 0.29) is 23.3 Å². The van der Waals surface area contributed by atoms with Gasteiger partial charge in [-0.1, -0.05) is 0 Å². The standard InChI is InChI=1S/C15H25NO5S/c17-13-2-1-9-21-15(13)5-7-16(8-6-15)14(18)12-3-10-22(19,20)11-4-12/h12-13,17H,1-11H2/t13-/m1/s1. The molecule has 3 aliphatic heterocycles. The summed E-state index contributed by atoms with van der Waals surface area (Å²) in [4.78, 5) is 14.4. The average molecular weight is 331 g/mol. The van der Waals surface area contributed by atoms with Gasteiger partial charge in [0, 0.05) is 25.6 Å². The first-order chi connectivity index (χ1) is 10.4. The van der Waals surface area contributed by atoms with Gasteiger partial charge in [0.1, 0.15) is 9.84 Å². The molecule has 0 aromatic carbocycles. The summed E-state index contributed by atoms with van der Waals surface area (Å²) in [6.45, 7) is 1.88. The Kier molecular flexibility index (Phi) is 4.49. The lowest BCUT2D eigenvalue weighted by molar-refractivity contribution is -0.180. The van der Waals surface area contributed by atoms with Gasteiger partial charge in [-0.15, -0.1) is 0 Å². The fraction of sp³-hybridized carbons (Fsp3) is 0.933. The van der Waals surface area contributed by atoms with Gasteiger partial charge in [-0.3, -0.25) is 4.79 Å². The van der Waals surface area contributed by atoms with Crippen LogP contribution in [0, 0.1) is 5.92 Å². The Morgan fingerprint density at radius 2 is 1.77 bits per heavy atom. The van der Waals surface area contributed by atoms with Crippen LogP contribution in [0.5, 0.6) is 0 Å². The van der Waals surface area contributed by atoms with Crippen molar-refractivity contribution in [2.75, 3.05) is 31.2 Å². The molecule has 0 saturated carbocycles. The van der Waals surface area contributed by atoms with E-state index in [0.29, 0.717) is 45.4 Å². The van der Waals surface area contributed by atoms with Gasteiger partial charge in [0.25, 0.3) is 0 Å². The lowest BCUT2D eigenvalue weighted by atomic mass is 9.81. The molecule has 0 aromatic heterocycles. The van der Waals surface area contributed by atoms with E-state index < -0.39 is 21.5 Å².